The molecule has 0 aromatic heterocycles. The molecule has 0 saturated heterocycles. The van der Waals surface area contributed by atoms with Gasteiger partial charge < -0.3 is 9.80 Å². The first-order chi connectivity index (χ1) is 12.8. The third-order valence-electron chi connectivity index (χ3n) is 4.78. The molecule has 0 radical (unpaired) electrons. The molecule has 0 bridgehead atoms. The number of rotatable bonds is 7. The van der Waals surface area contributed by atoms with E-state index in [0.717, 1.165) is 22.4 Å². The number of aryl methyl sites for hydroxylation is 1. The molecule has 0 saturated carbocycles. The second kappa shape index (κ2) is 9.36. The van der Waals surface area contributed by atoms with Crippen LogP contribution in [0.25, 0.3) is 0 Å². The molecule has 2 amide bonds. The van der Waals surface area contributed by atoms with E-state index in [1.165, 1.54) is 0 Å². The molecule has 2 aromatic rings. The Morgan fingerprint density at radius 1 is 1.00 bits per heavy atom. The normalized spacial score (nSPS) is 10.7. The number of amides is 2. The van der Waals surface area contributed by atoms with Gasteiger partial charge in [0.2, 0.25) is 11.8 Å². The summed E-state index contributed by atoms with van der Waals surface area (Å²) in [6.07, 6.45) is 0.300. The Labute approximate surface area is 162 Å². The molecule has 0 aliphatic carbocycles. The molecule has 144 valence electrons. The lowest BCUT2D eigenvalue weighted by atomic mass is 9.97. The van der Waals surface area contributed by atoms with Crippen molar-refractivity contribution in [3.8, 4) is 0 Å². The average molecular weight is 367 g/mol. The maximum absolute atomic E-state index is 12.6. The van der Waals surface area contributed by atoms with Crippen molar-refractivity contribution in [2.45, 2.75) is 46.6 Å². The Bertz CT molecular complexity index is 784. The summed E-state index contributed by atoms with van der Waals surface area (Å²) in [5, 5.41) is 0. The maximum Gasteiger partial charge on any atom is 0.224 e. The lowest BCUT2D eigenvalue weighted by molar-refractivity contribution is -0.130. The highest BCUT2D eigenvalue weighted by Gasteiger charge is 2.21. The molecular weight excluding hydrogens is 336 g/mol. The van der Waals surface area contributed by atoms with Gasteiger partial charge in [0.1, 0.15) is 0 Å². The molecule has 0 aliphatic rings. The van der Waals surface area contributed by atoms with Gasteiger partial charge in [0.15, 0.2) is 0 Å². The van der Waals surface area contributed by atoms with Gasteiger partial charge in [-0.25, -0.2) is 0 Å². The van der Waals surface area contributed by atoms with Crippen molar-refractivity contribution in [2.24, 2.45) is 0 Å². The van der Waals surface area contributed by atoms with Crippen molar-refractivity contribution in [1.29, 1.82) is 0 Å². The Kier molecular flexibility index (Phi) is 7.17. The zero-order valence-electron chi connectivity index (χ0n) is 17.0. The fourth-order valence-corrected chi connectivity index (χ4v) is 3.29. The Morgan fingerprint density at radius 3 is 2.26 bits per heavy atom. The van der Waals surface area contributed by atoms with Gasteiger partial charge in [0.25, 0.3) is 0 Å². The smallest absolute Gasteiger partial charge is 0.224 e. The highest BCUT2D eigenvalue weighted by atomic mass is 16.2. The summed E-state index contributed by atoms with van der Waals surface area (Å²) in [6.45, 7) is 8.78. The first kappa shape index (κ1) is 20.7. The highest BCUT2D eigenvalue weighted by molar-refractivity contribution is 5.94. The first-order valence-corrected chi connectivity index (χ1v) is 9.46. The molecule has 0 N–H and O–H groups in total. The summed E-state index contributed by atoms with van der Waals surface area (Å²) < 4.78 is 0. The Hall–Kier alpha value is -2.62. The third kappa shape index (κ3) is 5.43. The van der Waals surface area contributed by atoms with E-state index in [-0.39, 0.29) is 11.8 Å². The molecule has 2 aromatic carbocycles. The fourth-order valence-electron chi connectivity index (χ4n) is 3.29. The summed E-state index contributed by atoms with van der Waals surface area (Å²) in [6, 6.07) is 16.0. The number of anilines is 1. The molecule has 0 spiro atoms. The second-order valence-electron chi connectivity index (χ2n) is 7.32. The Morgan fingerprint density at radius 2 is 1.67 bits per heavy atom. The van der Waals surface area contributed by atoms with Gasteiger partial charge in [-0.15, -0.1) is 0 Å². The summed E-state index contributed by atoms with van der Waals surface area (Å²) in [7, 11) is 1.81. The lowest BCUT2D eigenvalue weighted by Gasteiger charge is -2.28. The predicted octanol–water partition coefficient (Wildman–Crippen LogP) is 4.52. The van der Waals surface area contributed by atoms with Gasteiger partial charge >= 0.3 is 0 Å². The topological polar surface area (TPSA) is 40.6 Å². The standard InChI is InChI=1S/C23H30N2O2/c1-17(2)21-13-9-10-18(3)23(21)25(19(4)26)15-14-22(27)24(5)16-20-11-7-6-8-12-20/h6-13,17H,14-16H2,1-5H3. The van der Waals surface area contributed by atoms with Crippen LogP contribution >= 0.6 is 0 Å². The van der Waals surface area contributed by atoms with E-state index < -0.39 is 0 Å². The molecule has 2 rings (SSSR count). The maximum atomic E-state index is 12.6. The van der Waals surface area contributed by atoms with Crippen LogP contribution in [0.5, 0.6) is 0 Å². The minimum atomic E-state index is -0.0373. The summed E-state index contributed by atoms with van der Waals surface area (Å²) in [5.74, 6) is 0.299. The van der Waals surface area contributed by atoms with Crippen molar-refractivity contribution < 1.29 is 9.59 Å². The van der Waals surface area contributed by atoms with E-state index >= 15 is 0 Å². The first-order valence-electron chi connectivity index (χ1n) is 9.46. The minimum Gasteiger partial charge on any atom is -0.341 e. The molecule has 0 atom stereocenters. The van der Waals surface area contributed by atoms with Gasteiger partial charge in [-0.3, -0.25) is 9.59 Å². The summed E-state index contributed by atoms with van der Waals surface area (Å²) in [5.41, 5.74) is 4.23. The number of hydrogen-bond acceptors (Lipinski definition) is 2. The number of benzene rings is 2. The summed E-state index contributed by atoms with van der Waals surface area (Å²) in [4.78, 5) is 28.4. The zero-order chi connectivity index (χ0) is 20.0. The molecule has 0 heterocycles. The second-order valence-corrected chi connectivity index (χ2v) is 7.32. The van der Waals surface area contributed by atoms with Crippen LogP contribution in [0.4, 0.5) is 5.69 Å². The van der Waals surface area contributed by atoms with E-state index in [4.69, 9.17) is 0 Å². The van der Waals surface area contributed by atoms with Gasteiger partial charge in [-0.2, -0.15) is 0 Å². The number of para-hydroxylation sites is 1. The van der Waals surface area contributed by atoms with E-state index in [9.17, 15) is 9.59 Å². The van der Waals surface area contributed by atoms with Crippen LogP contribution in [0.2, 0.25) is 0 Å². The molecule has 0 fully saturated rings. The van der Waals surface area contributed by atoms with Crippen molar-refractivity contribution in [3.05, 3.63) is 65.2 Å². The van der Waals surface area contributed by atoms with Crippen molar-refractivity contribution in [3.63, 3.8) is 0 Å². The van der Waals surface area contributed by atoms with Crippen molar-refractivity contribution in [2.75, 3.05) is 18.5 Å². The van der Waals surface area contributed by atoms with Gasteiger partial charge in [-0.05, 0) is 29.5 Å². The van der Waals surface area contributed by atoms with Gasteiger partial charge in [0.05, 0.1) is 0 Å². The largest absolute Gasteiger partial charge is 0.341 e. The SMILES string of the molecule is CC(=O)N(CCC(=O)N(C)Cc1ccccc1)c1c(C)cccc1C(C)C. The van der Waals surface area contributed by atoms with Crippen LogP contribution < -0.4 is 4.90 Å². The molecule has 27 heavy (non-hydrogen) atoms. The number of nitrogens with zero attached hydrogens (tertiary/aromatic N) is 2. The average Bonchev–Trinajstić information content (AvgIpc) is 2.63. The number of carbonyl (C=O) groups is 2. The molecule has 4 heteroatoms. The van der Waals surface area contributed by atoms with E-state index in [2.05, 4.69) is 19.9 Å². The monoisotopic (exact) mass is 366 g/mol. The van der Waals surface area contributed by atoms with Crippen LogP contribution in [0, 0.1) is 6.92 Å². The van der Waals surface area contributed by atoms with Crippen molar-refractivity contribution >= 4 is 17.5 Å². The number of hydrogen-bond donors (Lipinski definition) is 0. The summed E-state index contributed by atoms with van der Waals surface area (Å²) >= 11 is 0. The van der Waals surface area contributed by atoms with Crippen LogP contribution in [0.15, 0.2) is 48.5 Å². The quantitative estimate of drug-likeness (QED) is 0.723. The Balaban J connectivity index is 2.11. The predicted molar refractivity (Wildman–Crippen MR) is 111 cm³/mol. The molecule has 4 nitrogen and oxygen atoms in total. The van der Waals surface area contributed by atoms with Crippen LogP contribution in [-0.4, -0.2) is 30.3 Å². The number of carbonyl (C=O) groups excluding carboxylic acids is 2. The van der Waals surface area contributed by atoms with E-state index in [1.54, 1.807) is 23.8 Å². The van der Waals surface area contributed by atoms with Gasteiger partial charge in [0, 0.05) is 39.2 Å². The van der Waals surface area contributed by atoms with E-state index in [1.807, 2.05) is 49.4 Å². The third-order valence-corrected chi connectivity index (χ3v) is 4.78. The fraction of sp³-hybridized carbons (Fsp3) is 0.391. The molecular formula is C23H30N2O2. The minimum absolute atomic E-state index is 0.0322. The van der Waals surface area contributed by atoms with Crippen LogP contribution in [0.1, 0.15) is 49.8 Å². The van der Waals surface area contributed by atoms with Crippen molar-refractivity contribution in [1.82, 2.24) is 4.90 Å². The van der Waals surface area contributed by atoms with Crippen LogP contribution in [0.3, 0.4) is 0 Å². The highest BCUT2D eigenvalue weighted by Crippen LogP contribution is 2.31. The lowest BCUT2D eigenvalue weighted by Crippen LogP contribution is -2.35. The zero-order valence-corrected chi connectivity index (χ0v) is 17.0. The molecule has 0 unspecified atom stereocenters. The van der Waals surface area contributed by atoms with Gasteiger partial charge in [-0.1, -0.05) is 62.4 Å². The molecule has 0 aliphatic heterocycles. The van der Waals surface area contributed by atoms with Crippen LogP contribution in [-0.2, 0) is 16.1 Å². The van der Waals surface area contributed by atoms with E-state index in [0.29, 0.717) is 25.4 Å².